The van der Waals surface area contributed by atoms with Crippen molar-refractivity contribution in [2.75, 3.05) is 0 Å². The van der Waals surface area contributed by atoms with Gasteiger partial charge < -0.3 is 0 Å². The Balaban J connectivity index is 0.000000640. The molecule has 0 fully saturated rings. The van der Waals surface area contributed by atoms with Crippen LogP contribution in [0.1, 0.15) is 20.3 Å². The largest absolute Gasteiger partial charge is 0.199 e. The Bertz CT molecular complexity index is 158. The Kier molecular flexibility index (Phi) is 3.31. The number of hydrogen-bond acceptors (Lipinski definition) is 0. The van der Waals surface area contributed by atoms with Gasteiger partial charge in [-0.2, -0.15) is 24.1 Å². The van der Waals surface area contributed by atoms with E-state index in [9.17, 15) is 0 Å². The van der Waals surface area contributed by atoms with Gasteiger partial charge in [0.2, 0.25) is 0 Å². The molecular weight excluding hydrogens is 144 g/mol. The first kappa shape index (κ1) is 9.06. The summed E-state index contributed by atoms with van der Waals surface area (Å²) in [5.41, 5.74) is 4.06. The molecule has 0 saturated carbocycles. The quantitative estimate of drug-likeness (QED) is 0.372. The summed E-state index contributed by atoms with van der Waals surface area (Å²) in [4.78, 5) is 0. The maximum absolute atomic E-state index is 3.87. The van der Waals surface area contributed by atoms with Gasteiger partial charge in [-0.3, -0.25) is 0 Å². The molecule has 0 amide bonds. The maximum Gasteiger partial charge on any atom is 0 e. The number of rotatable bonds is 0. The minimum absolute atomic E-state index is 0. The Morgan fingerprint density at radius 1 is 1.44 bits per heavy atom. The van der Waals surface area contributed by atoms with Crippen molar-refractivity contribution in [1.29, 1.82) is 0 Å². The number of allylic oxidation sites excluding steroid dienone is 4. The van der Waals surface area contributed by atoms with E-state index in [1.54, 1.807) is 0 Å². The minimum Gasteiger partial charge on any atom is -0.199 e. The van der Waals surface area contributed by atoms with Crippen molar-refractivity contribution in [2.24, 2.45) is 0 Å². The normalized spacial score (nSPS) is 17.3. The van der Waals surface area contributed by atoms with Crippen molar-refractivity contribution in [3.8, 4) is 0 Å². The molecule has 1 aliphatic carbocycles. The molecule has 1 rings (SSSR count). The summed E-state index contributed by atoms with van der Waals surface area (Å²) in [6.45, 7) is 8.16. The van der Waals surface area contributed by atoms with Gasteiger partial charge in [0.1, 0.15) is 0 Å². The summed E-state index contributed by atoms with van der Waals surface area (Å²) in [6.07, 6.45) is 3.29. The zero-order chi connectivity index (χ0) is 6.15. The van der Waals surface area contributed by atoms with E-state index < -0.39 is 0 Å². The molecule has 0 aromatic rings. The molecule has 0 aromatic carbocycles. The molecule has 0 aromatic heterocycles. The molecule has 0 nitrogen and oxygen atoms in total. The molecule has 0 heterocycles. The van der Waals surface area contributed by atoms with Crippen LogP contribution in [0.4, 0.5) is 0 Å². The van der Waals surface area contributed by atoms with E-state index >= 15 is 0 Å². The molecule has 0 N–H and O–H groups in total. The molecule has 0 saturated heterocycles. The second-order valence-electron chi connectivity index (χ2n) is 2.34. The van der Waals surface area contributed by atoms with Crippen LogP contribution in [0.2, 0.25) is 0 Å². The first-order chi connectivity index (χ1) is 3.72. The van der Waals surface area contributed by atoms with Crippen LogP contribution in [-0.4, -0.2) is 0 Å². The van der Waals surface area contributed by atoms with E-state index in [1.807, 2.05) is 0 Å². The van der Waals surface area contributed by atoms with Crippen LogP contribution in [-0.2, 0) is 21.7 Å². The topological polar surface area (TPSA) is 0 Å². The molecule has 9 heavy (non-hydrogen) atoms. The summed E-state index contributed by atoms with van der Waals surface area (Å²) in [5, 5.41) is 0. The fourth-order valence-electron chi connectivity index (χ4n) is 0.857. The summed E-state index contributed by atoms with van der Waals surface area (Å²) >= 11 is 0. The second-order valence-corrected chi connectivity index (χ2v) is 2.34. The molecule has 0 atom stereocenters. The van der Waals surface area contributed by atoms with Crippen LogP contribution in [0.3, 0.4) is 0 Å². The molecule has 0 aliphatic heterocycles. The minimum atomic E-state index is 0. The first-order valence-electron chi connectivity index (χ1n) is 2.90. The third-order valence-corrected chi connectivity index (χ3v) is 1.78. The van der Waals surface area contributed by atoms with Gasteiger partial charge in [0.05, 0.1) is 0 Å². The predicted octanol–water partition coefficient (Wildman–Crippen LogP) is 2.48. The average molecular weight is 155 g/mol. The molecule has 0 bridgehead atoms. The molecule has 1 heteroatoms. The van der Waals surface area contributed by atoms with Gasteiger partial charge in [0, 0.05) is 21.7 Å². The fourth-order valence-corrected chi connectivity index (χ4v) is 0.857. The fraction of sp³-hybridized carbons (Fsp3) is 0.375. The summed E-state index contributed by atoms with van der Waals surface area (Å²) < 4.78 is 0. The van der Waals surface area contributed by atoms with Crippen LogP contribution in [0, 0.1) is 6.92 Å². The predicted molar refractivity (Wildman–Crippen MR) is 36.4 cm³/mol. The van der Waals surface area contributed by atoms with Crippen molar-refractivity contribution in [3.05, 3.63) is 29.7 Å². The van der Waals surface area contributed by atoms with Crippen molar-refractivity contribution in [3.63, 3.8) is 0 Å². The third-order valence-electron chi connectivity index (χ3n) is 1.78. The molecule has 1 aliphatic rings. The molecule has 0 radical (unpaired) electrons. The monoisotopic (exact) mass is 155 g/mol. The van der Waals surface area contributed by atoms with Crippen molar-refractivity contribution in [2.45, 2.75) is 20.3 Å². The van der Waals surface area contributed by atoms with Gasteiger partial charge in [-0.05, 0) is 0 Å². The van der Waals surface area contributed by atoms with Crippen LogP contribution in [0.25, 0.3) is 0 Å². The van der Waals surface area contributed by atoms with Crippen LogP contribution in [0.15, 0.2) is 22.8 Å². The third kappa shape index (κ3) is 1.74. The van der Waals surface area contributed by atoms with Crippen LogP contribution in [0.5, 0.6) is 0 Å². The molecule has 0 spiro atoms. The summed E-state index contributed by atoms with van der Waals surface area (Å²) in [6, 6.07) is 0. The van der Waals surface area contributed by atoms with E-state index in [2.05, 4.69) is 26.8 Å². The van der Waals surface area contributed by atoms with Gasteiger partial charge in [0.25, 0.3) is 0 Å². The second kappa shape index (κ2) is 3.29. The van der Waals surface area contributed by atoms with E-state index in [4.69, 9.17) is 0 Å². The Labute approximate surface area is 71.9 Å². The van der Waals surface area contributed by atoms with Crippen molar-refractivity contribution in [1.82, 2.24) is 0 Å². The Morgan fingerprint density at radius 2 is 2.00 bits per heavy atom. The molecule has 48 valence electrons. The van der Waals surface area contributed by atoms with Crippen molar-refractivity contribution < 1.29 is 21.7 Å². The van der Waals surface area contributed by atoms with Crippen LogP contribution >= 0.6 is 0 Å². The van der Waals surface area contributed by atoms with Gasteiger partial charge in [0.15, 0.2) is 0 Å². The van der Waals surface area contributed by atoms with E-state index in [0.29, 0.717) is 0 Å². The summed E-state index contributed by atoms with van der Waals surface area (Å²) in [7, 11) is 0. The smallest absolute Gasteiger partial charge is 0 e. The zero-order valence-electron chi connectivity index (χ0n) is 5.99. The SMILES string of the molecule is [CH2-]C1=CCC(C)=C1C.[Ti]. The average Bonchev–Trinajstić information content (AvgIpc) is 1.98. The standard InChI is InChI=1S/C8H11.Ti/c1-6-4-5-7(2)8(6)3;/h4H,1,5H2,2-3H3;/q-1;. The van der Waals surface area contributed by atoms with Gasteiger partial charge in [-0.1, -0.05) is 20.3 Å². The zero-order valence-corrected chi connectivity index (χ0v) is 7.55. The summed E-state index contributed by atoms with van der Waals surface area (Å²) in [5.74, 6) is 0. The molecular formula is C8H11Ti-. The van der Waals surface area contributed by atoms with Crippen molar-refractivity contribution >= 4 is 0 Å². The van der Waals surface area contributed by atoms with Gasteiger partial charge >= 0.3 is 0 Å². The van der Waals surface area contributed by atoms with E-state index in [-0.39, 0.29) is 21.7 Å². The molecule has 0 unspecified atom stereocenters. The van der Waals surface area contributed by atoms with E-state index in [0.717, 1.165) is 6.42 Å². The van der Waals surface area contributed by atoms with Gasteiger partial charge in [-0.15, -0.1) is 5.57 Å². The first-order valence-corrected chi connectivity index (χ1v) is 2.90. The van der Waals surface area contributed by atoms with Gasteiger partial charge in [-0.25, -0.2) is 0 Å². The van der Waals surface area contributed by atoms with Crippen LogP contribution < -0.4 is 0 Å². The Morgan fingerprint density at radius 3 is 2.11 bits per heavy atom. The maximum atomic E-state index is 3.87. The van der Waals surface area contributed by atoms with E-state index in [1.165, 1.54) is 16.7 Å². The number of hydrogen-bond donors (Lipinski definition) is 0. The Hall–Kier alpha value is 0.0643.